The summed E-state index contributed by atoms with van der Waals surface area (Å²) < 4.78 is 3.98. The molecule has 0 unspecified atom stereocenters. The maximum atomic E-state index is 4.33. The van der Waals surface area contributed by atoms with Crippen molar-refractivity contribution in [3.05, 3.63) is 35.4 Å². The van der Waals surface area contributed by atoms with Gasteiger partial charge in [0.15, 0.2) is 0 Å². The second-order valence-corrected chi connectivity index (χ2v) is 4.55. The van der Waals surface area contributed by atoms with E-state index in [1.54, 1.807) is 0 Å². The summed E-state index contributed by atoms with van der Waals surface area (Å²) in [4.78, 5) is 0. The Morgan fingerprint density at radius 3 is 2.63 bits per heavy atom. The Balaban J connectivity index is 0.00000180. The van der Waals surface area contributed by atoms with Gasteiger partial charge in [-0.25, -0.2) is 0 Å². The van der Waals surface area contributed by atoms with E-state index in [-0.39, 0.29) is 12.4 Å². The molecule has 2 heterocycles. The third-order valence-corrected chi connectivity index (χ3v) is 2.95. The van der Waals surface area contributed by atoms with E-state index in [2.05, 4.69) is 39.3 Å². The molecule has 2 aromatic rings. The third kappa shape index (κ3) is 4.08. The van der Waals surface area contributed by atoms with Gasteiger partial charge >= 0.3 is 0 Å². The predicted molar refractivity (Wildman–Crippen MR) is 78.3 cm³/mol. The van der Waals surface area contributed by atoms with Crippen molar-refractivity contribution in [2.45, 2.75) is 39.9 Å². The van der Waals surface area contributed by atoms with Gasteiger partial charge < -0.3 is 5.32 Å². The summed E-state index contributed by atoms with van der Waals surface area (Å²) in [7, 11) is 1.98. The Hall–Kier alpha value is -1.33. The molecular weight excluding hydrogens is 262 g/mol. The second-order valence-electron chi connectivity index (χ2n) is 4.55. The van der Waals surface area contributed by atoms with Gasteiger partial charge in [0.1, 0.15) is 0 Å². The number of aryl methyl sites for hydroxylation is 3. The molecule has 0 aliphatic heterocycles. The molecule has 2 rings (SSSR count). The van der Waals surface area contributed by atoms with Crippen LogP contribution in [0.5, 0.6) is 0 Å². The fourth-order valence-electron chi connectivity index (χ4n) is 2.07. The van der Waals surface area contributed by atoms with Gasteiger partial charge in [0, 0.05) is 32.9 Å². The summed E-state index contributed by atoms with van der Waals surface area (Å²) in [6.07, 6.45) is 2.97. The van der Waals surface area contributed by atoms with Crippen LogP contribution in [-0.4, -0.2) is 19.6 Å². The van der Waals surface area contributed by atoms with Crippen molar-refractivity contribution in [2.75, 3.05) is 0 Å². The van der Waals surface area contributed by atoms with Gasteiger partial charge in [-0.1, -0.05) is 6.92 Å². The molecule has 0 radical (unpaired) electrons. The zero-order valence-corrected chi connectivity index (χ0v) is 12.6. The van der Waals surface area contributed by atoms with Crippen molar-refractivity contribution >= 4 is 12.4 Å². The Morgan fingerprint density at radius 1 is 1.26 bits per heavy atom. The van der Waals surface area contributed by atoms with Crippen LogP contribution in [0, 0.1) is 6.92 Å². The Bertz CT molecular complexity index is 503. The third-order valence-electron chi connectivity index (χ3n) is 2.95. The van der Waals surface area contributed by atoms with Crippen LogP contribution in [0.2, 0.25) is 0 Å². The average molecular weight is 284 g/mol. The molecule has 0 aromatic carbocycles. The van der Waals surface area contributed by atoms with E-state index >= 15 is 0 Å². The van der Waals surface area contributed by atoms with Crippen LogP contribution in [0.4, 0.5) is 0 Å². The lowest BCUT2D eigenvalue weighted by Crippen LogP contribution is -2.18. The SMILES string of the molecule is CCCn1nccc1CNCc1cc(C)nn1C.Cl. The molecule has 5 nitrogen and oxygen atoms in total. The number of rotatable bonds is 6. The first-order chi connectivity index (χ1) is 8.70. The zero-order chi connectivity index (χ0) is 13.0. The number of nitrogens with zero attached hydrogens (tertiary/aromatic N) is 4. The van der Waals surface area contributed by atoms with E-state index in [0.29, 0.717) is 0 Å². The highest BCUT2D eigenvalue weighted by atomic mass is 35.5. The van der Waals surface area contributed by atoms with E-state index in [0.717, 1.165) is 31.7 Å². The van der Waals surface area contributed by atoms with Crippen LogP contribution in [0.25, 0.3) is 0 Å². The van der Waals surface area contributed by atoms with Gasteiger partial charge in [-0.15, -0.1) is 12.4 Å². The topological polar surface area (TPSA) is 47.7 Å². The van der Waals surface area contributed by atoms with Gasteiger partial charge in [0.2, 0.25) is 0 Å². The minimum atomic E-state index is 0. The first kappa shape index (κ1) is 15.7. The van der Waals surface area contributed by atoms with Crippen LogP contribution in [0.15, 0.2) is 18.3 Å². The number of nitrogens with one attached hydrogen (secondary N) is 1. The fourth-order valence-corrected chi connectivity index (χ4v) is 2.07. The molecule has 0 aliphatic rings. The standard InChI is InChI=1S/C13H21N5.ClH/c1-4-7-18-12(5-6-15-18)9-14-10-13-8-11(2)16-17(13)3;/h5-6,8,14H,4,7,9-10H2,1-3H3;1H. The quantitative estimate of drug-likeness (QED) is 0.883. The highest BCUT2D eigenvalue weighted by Crippen LogP contribution is 2.03. The lowest BCUT2D eigenvalue weighted by atomic mass is 10.3. The summed E-state index contributed by atoms with van der Waals surface area (Å²) in [5.41, 5.74) is 3.50. The lowest BCUT2D eigenvalue weighted by molar-refractivity contribution is 0.542. The molecule has 106 valence electrons. The van der Waals surface area contributed by atoms with Crippen molar-refractivity contribution in [2.24, 2.45) is 7.05 Å². The zero-order valence-electron chi connectivity index (χ0n) is 11.8. The van der Waals surface area contributed by atoms with Crippen LogP contribution in [0.3, 0.4) is 0 Å². The van der Waals surface area contributed by atoms with Crippen LogP contribution in [0.1, 0.15) is 30.4 Å². The molecule has 0 bridgehead atoms. The molecule has 0 fully saturated rings. The molecule has 0 amide bonds. The van der Waals surface area contributed by atoms with Gasteiger partial charge in [-0.2, -0.15) is 10.2 Å². The Labute approximate surface area is 120 Å². The Kier molecular flexibility index (Phi) is 6.05. The number of hydrogen-bond acceptors (Lipinski definition) is 3. The largest absolute Gasteiger partial charge is 0.306 e. The highest BCUT2D eigenvalue weighted by molar-refractivity contribution is 5.85. The maximum absolute atomic E-state index is 4.33. The molecule has 19 heavy (non-hydrogen) atoms. The van der Waals surface area contributed by atoms with Gasteiger partial charge in [0.25, 0.3) is 0 Å². The minimum absolute atomic E-state index is 0. The van der Waals surface area contributed by atoms with Crippen molar-refractivity contribution in [3.63, 3.8) is 0 Å². The van der Waals surface area contributed by atoms with E-state index in [1.807, 2.05) is 24.9 Å². The molecule has 0 saturated heterocycles. The summed E-state index contributed by atoms with van der Waals surface area (Å²) in [5, 5.41) is 12.1. The van der Waals surface area contributed by atoms with E-state index in [1.165, 1.54) is 11.4 Å². The van der Waals surface area contributed by atoms with Crippen molar-refractivity contribution < 1.29 is 0 Å². The highest BCUT2D eigenvalue weighted by Gasteiger charge is 2.03. The molecular formula is C13H22ClN5. The molecule has 1 N–H and O–H groups in total. The molecule has 0 spiro atoms. The van der Waals surface area contributed by atoms with E-state index in [4.69, 9.17) is 0 Å². The molecule has 0 atom stereocenters. The molecule has 0 saturated carbocycles. The fraction of sp³-hybridized carbons (Fsp3) is 0.538. The van der Waals surface area contributed by atoms with E-state index in [9.17, 15) is 0 Å². The maximum Gasteiger partial charge on any atom is 0.0597 e. The van der Waals surface area contributed by atoms with Crippen molar-refractivity contribution in [1.82, 2.24) is 24.9 Å². The van der Waals surface area contributed by atoms with Crippen molar-refractivity contribution in [1.29, 1.82) is 0 Å². The summed E-state index contributed by atoms with van der Waals surface area (Å²) in [6, 6.07) is 4.17. The monoisotopic (exact) mass is 283 g/mol. The first-order valence-corrected chi connectivity index (χ1v) is 6.41. The predicted octanol–water partition coefficient (Wildman–Crippen LogP) is 2.05. The van der Waals surface area contributed by atoms with Crippen LogP contribution >= 0.6 is 12.4 Å². The van der Waals surface area contributed by atoms with Crippen molar-refractivity contribution in [3.8, 4) is 0 Å². The second kappa shape index (κ2) is 7.31. The van der Waals surface area contributed by atoms with Crippen LogP contribution < -0.4 is 5.32 Å². The number of halogens is 1. The summed E-state index contributed by atoms with van der Waals surface area (Å²) >= 11 is 0. The number of aromatic nitrogens is 4. The normalized spacial score (nSPS) is 10.5. The van der Waals surface area contributed by atoms with Gasteiger partial charge in [-0.3, -0.25) is 9.36 Å². The van der Waals surface area contributed by atoms with Gasteiger partial charge in [-0.05, 0) is 25.5 Å². The molecule has 6 heteroatoms. The summed E-state index contributed by atoms with van der Waals surface area (Å²) in [5.74, 6) is 0. The molecule has 0 aliphatic carbocycles. The smallest absolute Gasteiger partial charge is 0.0597 e. The minimum Gasteiger partial charge on any atom is -0.306 e. The summed E-state index contributed by atoms with van der Waals surface area (Å²) in [6.45, 7) is 6.82. The average Bonchev–Trinajstić information content (AvgIpc) is 2.88. The molecule has 2 aromatic heterocycles. The van der Waals surface area contributed by atoms with Crippen LogP contribution in [-0.2, 0) is 26.7 Å². The van der Waals surface area contributed by atoms with Gasteiger partial charge in [0.05, 0.1) is 17.1 Å². The van der Waals surface area contributed by atoms with E-state index < -0.39 is 0 Å². The Morgan fingerprint density at radius 2 is 2.00 bits per heavy atom. The number of hydrogen-bond donors (Lipinski definition) is 1. The lowest BCUT2D eigenvalue weighted by Gasteiger charge is -2.07. The first-order valence-electron chi connectivity index (χ1n) is 6.41.